The molecule has 5 heteroatoms. The van der Waals surface area contributed by atoms with Crippen LogP contribution in [0.2, 0.25) is 0 Å². The van der Waals surface area contributed by atoms with Crippen LogP contribution < -0.4 is 11.3 Å². The molecule has 0 amide bonds. The van der Waals surface area contributed by atoms with Crippen molar-refractivity contribution < 1.29 is 0 Å². The van der Waals surface area contributed by atoms with Gasteiger partial charge < -0.3 is 4.90 Å². The number of likely N-dealkylation sites (N-methyl/N-ethyl adjacent to an activating group) is 1. The number of hydrazine groups is 1. The molecule has 0 spiro atoms. The summed E-state index contributed by atoms with van der Waals surface area (Å²) in [4.78, 5) is 2.14. The summed E-state index contributed by atoms with van der Waals surface area (Å²) in [6, 6.07) is 0.0567. The van der Waals surface area contributed by atoms with E-state index in [1.54, 1.807) is 4.68 Å². The molecule has 3 N–H and O–H groups in total. The first-order valence-corrected chi connectivity index (χ1v) is 5.01. The molecule has 1 aromatic heterocycles. The lowest BCUT2D eigenvalue weighted by Gasteiger charge is -2.39. The monoisotopic (exact) mass is 211 g/mol. The minimum absolute atomic E-state index is 0.0567. The molecule has 0 aliphatic rings. The van der Waals surface area contributed by atoms with Gasteiger partial charge in [0.05, 0.1) is 12.2 Å². The maximum absolute atomic E-state index is 5.62. The van der Waals surface area contributed by atoms with Crippen LogP contribution in [-0.2, 0) is 7.05 Å². The molecule has 1 heterocycles. The molecule has 0 fully saturated rings. The maximum Gasteiger partial charge on any atom is 0.0669 e. The molecule has 0 saturated carbocycles. The number of nitrogens with one attached hydrogen (secondary N) is 1. The van der Waals surface area contributed by atoms with Crippen LogP contribution in [0.3, 0.4) is 0 Å². The van der Waals surface area contributed by atoms with Crippen LogP contribution in [0.4, 0.5) is 0 Å². The standard InChI is InChI=1S/C10H21N5/c1-10(2,14(3)4)9(13-11)8-6-12-15(5)7-8/h6-7,9,13H,11H2,1-5H3. The zero-order valence-corrected chi connectivity index (χ0v) is 10.2. The molecule has 5 nitrogen and oxygen atoms in total. The topological polar surface area (TPSA) is 59.1 Å². The Labute approximate surface area is 91.2 Å². The average molecular weight is 211 g/mol. The van der Waals surface area contributed by atoms with Crippen molar-refractivity contribution in [1.82, 2.24) is 20.1 Å². The van der Waals surface area contributed by atoms with Gasteiger partial charge in [0.25, 0.3) is 0 Å². The Balaban J connectivity index is 2.98. The second-order valence-corrected chi connectivity index (χ2v) is 4.60. The normalized spacial score (nSPS) is 14.6. The predicted octanol–water partition coefficient (Wildman–Crippen LogP) is 0.265. The van der Waals surface area contributed by atoms with Gasteiger partial charge in [-0.2, -0.15) is 5.10 Å². The maximum atomic E-state index is 5.62. The summed E-state index contributed by atoms with van der Waals surface area (Å²) in [5, 5.41) is 4.16. The minimum Gasteiger partial charge on any atom is -0.302 e. The Kier molecular flexibility index (Phi) is 3.49. The summed E-state index contributed by atoms with van der Waals surface area (Å²) in [5.41, 5.74) is 3.88. The second-order valence-electron chi connectivity index (χ2n) is 4.60. The van der Waals surface area contributed by atoms with E-state index in [0.717, 1.165) is 5.56 Å². The summed E-state index contributed by atoms with van der Waals surface area (Å²) in [7, 11) is 5.99. The van der Waals surface area contributed by atoms with Crippen molar-refractivity contribution >= 4 is 0 Å². The quantitative estimate of drug-likeness (QED) is 0.554. The molecule has 0 aromatic carbocycles. The van der Waals surface area contributed by atoms with Crippen molar-refractivity contribution in [2.24, 2.45) is 12.9 Å². The number of hydrogen-bond donors (Lipinski definition) is 2. The zero-order chi connectivity index (χ0) is 11.6. The van der Waals surface area contributed by atoms with Crippen LogP contribution in [0, 0.1) is 0 Å². The van der Waals surface area contributed by atoms with Gasteiger partial charge in [-0.1, -0.05) is 0 Å². The third-order valence-corrected chi connectivity index (χ3v) is 3.08. The second kappa shape index (κ2) is 4.30. The molecule has 0 aliphatic carbocycles. The summed E-state index contributed by atoms with van der Waals surface area (Å²) >= 11 is 0. The van der Waals surface area contributed by atoms with Crippen LogP contribution in [-0.4, -0.2) is 34.3 Å². The van der Waals surface area contributed by atoms with Crippen molar-refractivity contribution in [3.05, 3.63) is 18.0 Å². The van der Waals surface area contributed by atoms with E-state index in [9.17, 15) is 0 Å². The molecule has 1 aromatic rings. The Morgan fingerprint density at radius 3 is 2.47 bits per heavy atom. The molecule has 0 radical (unpaired) electrons. The molecule has 15 heavy (non-hydrogen) atoms. The van der Waals surface area contributed by atoms with Gasteiger partial charge in [0.2, 0.25) is 0 Å². The highest BCUT2D eigenvalue weighted by Gasteiger charge is 2.32. The Hall–Kier alpha value is -0.910. The number of nitrogens with two attached hydrogens (primary N) is 1. The number of rotatable bonds is 4. The fraction of sp³-hybridized carbons (Fsp3) is 0.700. The lowest BCUT2D eigenvalue weighted by atomic mass is 9.89. The number of aryl methyl sites for hydroxylation is 1. The first kappa shape index (κ1) is 12.2. The summed E-state index contributed by atoms with van der Waals surface area (Å²) in [5.74, 6) is 5.62. The van der Waals surface area contributed by atoms with Gasteiger partial charge in [-0.25, -0.2) is 0 Å². The highest BCUT2D eigenvalue weighted by atomic mass is 15.3. The number of nitrogens with zero attached hydrogens (tertiary/aromatic N) is 3. The Morgan fingerprint density at radius 1 is 1.53 bits per heavy atom. The summed E-state index contributed by atoms with van der Waals surface area (Å²) in [6.45, 7) is 4.29. The van der Waals surface area contributed by atoms with E-state index in [-0.39, 0.29) is 11.6 Å². The lowest BCUT2D eigenvalue weighted by Crippen LogP contribution is -2.51. The SMILES string of the molecule is CN(C)C(C)(C)C(NN)c1cnn(C)c1. The van der Waals surface area contributed by atoms with Gasteiger partial charge in [0.15, 0.2) is 0 Å². The molecular formula is C10H21N5. The van der Waals surface area contributed by atoms with Gasteiger partial charge in [-0.05, 0) is 27.9 Å². The largest absolute Gasteiger partial charge is 0.302 e. The molecule has 0 bridgehead atoms. The first-order chi connectivity index (χ1) is 6.89. The minimum atomic E-state index is -0.0716. The van der Waals surface area contributed by atoms with E-state index >= 15 is 0 Å². The predicted molar refractivity (Wildman–Crippen MR) is 61.0 cm³/mol. The van der Waals surface area contributed by atoms with Gasteiger partial charge in [0, 0.05) is 24.3 Å². The van der Waals surface area contributed by atoms with Crippen molar-refractivity contribution in [2.75, 3.05) is 14.1 Å². The van der Waals surface area contributed by atoms with Crippen molar-refractivity contribution in [3.63, 3.8) is 0 Å². The number of aromatic nitrogens is 2. The third kappa shape index (κ3) is 2.37. The van der Waals surface area contributed by atoms with Crippen LogP contribution in [0.25, 0.3) is 0 Å². The molecular weight excluding hydrogens is 190 g/mol. The first-order valence-electron chi connectivity index (χ1n) is 5.01. The van der Waals surface area contributed by atoms with E-state index in [2.05, 4.69) is 29.3 Å². The van der Waals surface area contributed by atoms with E-state index in [0.29, 0.717) is 0 Å². The molecule has 0 saturated heterocycles. The van der Waals surface area contributed by atoms with Crippen molar-refractivity contribution in [2.45, 2.75) is 25.4 Å². The lowest BCUT2D eigenvalue weighted by molar-refractivity contribution is 0.138. The van der Waals surface area contributed by atoms with Gasteiger partial charge in [-0.3, -0.25) is 16.0 Å². The fourth-order valence-electron chi connectivity index (χ4n) is 1.56. The van der Waals surface area contributed by atoms with Crippen molar-refractivity contribution in [3.8, 4) is 0 Å². The van der Waals surface area contributed by atoms with Crippen LogP contribution in [0.1, 0.15) is 25.5 Å². The van der Waals surface area contributed by atoms with Crippen molar-refractivity contribution in [1.29, 1.82) is 0 Å². The van der Waals surface area contributed by atoms with E-state index in [1.165, 1.54) is 0 Å². The Morgan fingerprint density at radius 2 is 2.13 bits per heavy atom. The van der Waals surface area contributed by atoms with Crippen LogP contribution >= 0.6 is 0 Å². The van der Waals surface area contributed by atoms with E-state index < -0.39 is 0 Å². The highest BCUT2D eigenvalue weighted by Crippen LogP contribution is 2.28. The van der Waals surface area contributed by atoms with Crippen LogP contribution in [0.15, 0.2) is 12.4 Å². The third-order valence-electron chi connectivity index (χ3n) is 3.08. The molecule has 86 valence electrons. The highest BCUT2D eigenvalue weighted by molar-refractivity contribution is 5.15. The molecule has 1 rings (SSSR count). The van der Waals surface area contributed by atoms with Gasteiger partial charge in [0.1, 0.15) is 0 Å². The Bertz CT molecular complexity index is 315. The smallest absolute Gasteiger partial charge is 0.0669 e. The van der Waals surface area contributed by atoms with Gasteiger partial charge in [-0.15, -0.1) is 0 Å². The number of hydrogen-bond acceptors (Lipinski definition) is 4. The fourth-order valence-corrected chi connectivity index (χ4v) is 1.56. The molecule has 0 aliphatic heterocycles. The summed E-state index contributed by atoms with van der Waals surface area (Å²) < 4.78 is 1.78. The molecule has 1 atom stereocenters. The van der Waals surface area contributed by atoms with E-state index in [1.807, 2.05) is 33.5 Å². The van der Waals surface area contributed by atoms with E-state index in [4.69, 9.17) is 5.84 Å². The van der Waals surface area contributed by atoms with Gasteiger partial charge >= 0.3 is 0 Å². The summed E-state index contributed by atoms with van der Waals surface area (Å²) in [6.07, 6.45) is 3.82. The molecule has 1 unspecified atom stereocenters. The average Bonchev–Trinajstić information content (AvgIpc) is 2.52. The van der Waals surface area contributed by atoms with Crippen LogP contribution in [0.5, 0.6) is 0 Å². The zero-order valence-electron chi connectivity index (χ0n) is 10.2.